The number of hydrogen-bond donors (Lipinski definition) is 1. The van der Waals surface area contributed by atoms with Gasteiger partial charge in [-0.25, -0.2) is 4.79 Å². The molecule has 2 rings (SSSR count). The summed E-state index contributed by atoms with van der Waals surface area (Å²) in [5.41, 5.74) is 2.83. The average Bonchev–Trinajstić information content (AvgIpc) is 2.57. The molecule has 0 unspecified atom stereocenters. The summed E-state index contributed by atoms with van der Waals surface area (Å²) in [7, 11) is 0. The van der Waals surface area contributed by atoms with Crippen LogP contribution in [-0.4, -0.2) is 15.6 Å². The van der Waals surface area contributed by atoms with Gasteiger partial charge >= 0.3 is 5.97 Å². The first kappa shape index (κ1) is 17.5. The Bertz CT molecular complexity index is 845. The summed E-state index contributed by atoms with van der Waals surface area (Å²) in [5, 5.41) is 9.18. The number of nitrogens with zero attached hydrogens (tertiary/aromatic N) is 1. The number of rotatable bonds is 6. The van der Waals surface area contributed by atoms with Gasteiger partial charge in [0.15, 0.2) is 5.43 Å². The Morgan fingerprint density at radius 2 is 1.96 bits per heavy atom. The lowest BCUT2D eigenvalue weighted by atomic mass is 9.98. The smallest absolute Gasteiger partial charge is 0.341 e. The summed E-state index contributed by atoms with van der Waals surface area (Å²) in [5.74, 6) is -1.20. The molecule has 0 aliphatic rings. The van der Waals surface area contributed by atoms with Crippen LogP contribution in [0.2, 0.25) is 0 Å². The molecule has 0 saturated carbocycles. The molecule has 1 N–H and O–H groups in total. The maximum absolute atomic E-state index is 12.1. The minimum atomic E-state index is -1.20. The Morgan fingerprint density at radius 3 is 2.50 bits per heavy atom. The highest BCUT2D eigenvalue weighted by atomic mass is 16.4. The molecular formula is C20H21NO3. The average molecular weight is 323 g/mol. The van der Waals surface area contributed by atoms with Gasteiger partial charge in [0.25, 0.3) is 0 Å². The summed E-state index contributed by atoms with van der Waals surface area (Å²) in [6.45, 7) is 8.45. The molecule has 0 amide bonds. The lowest BCUT2D eigenvalue weighted by Crippen LogP contribution is -2.20. The van der Waals surface area contributed by atoms with Crippen LogP contribution in [-0.2, 0) is 6.54 Å². The molecule has 0 aliphatic heterocycles. The fraction of sp³-hybridized carbons (Fsp3) is 0.200. The Morgan fingerprint density at radius 1 is 1.29 bits per heavy atom. The molecule has 0 spiro atoms. The van der Waals surface area contributed by atoms with Gasteiger partial charge in [-0.15, -0.1) is 0 Å². The Labute approximate surface area is 141 Å². The summed E-state index contributed by atoms with van der Waals surface area (Å²) >= 11 is 0. The van der Waals surface area contributed by atoms with Crippen molar-refractivity contribution in [2.24, 2.45) is 0 Å². The SMILES string of the molecule is C=C/C(=C(\C)c1cc(=O)c(C(=O)O)cn1CCC)c1ccccc1. The van der Waals surface area contributed by atoms with E-state index in [1.807, 2.05) is 48.7 Å². The molecule has 4 nitrogen and oxygen atoms in total. The first-order chi connectivity index (χ1) is 11.5. The molecule has 124 valence electrons. The van der Waals surface area contributed by atoms with E-state index in [4.69, 9.17) is 0 Å². The standard InChI is InChI=1S/C20H21NO3/c1-4-11-21-13-17(20(23)24)19(22)12-18(21)14(3)16(5-2)15-9-7-6-8-10-15/h5-10,12-13H,2,4,11H2,1,3H3,(H,23,24)/b16-14-. The van der Waals surface area contributed by atoms with E-state index in [2.05, 4.69) is 6.58 Å². The van der Waals surface area contributed by atoms with E-state index >= 15 is 0 Å². The van der Waals surface area contributed by atoms with Gasteiger partial charge < -0.3 is 9.67 Å². The minimum Gasteiger partial charge on any atom is -0.477 e. The molecule has 4 heteroatoms. The molecule has 0 aliphatic carbocycles. The Balaban J connectivity index is 2.71. The van der Waals surface area contributed by atoms with Crippen LogP contribution in [0.1, 0.15) is 41.9 Å². The first-order valence-electron chi connectivity index (χ1n) is 7.86. The van der Waals surface area contributed by atoms with Crippen LogP contribution in [0, 0.1) is 0 Å². The number of pyridine rings is 1. The summed E-state index contributed by atoms with van der Waals surface area (Å²) in [6, 6.07) is 11.2. The minimum absolute atomic E-state index is 0.208. The van der Waals surface area contributed by atoms with Crippen LogP contribution in [0.3, 0.4) is 0 Å². The van der Waals surface area contributed by atoms with Crippen LogP contribution < -0.4 is 5.43 Å². The molecule has 0 fully saturated rings. The van der Waals surface area contributed by atoms with Gasteiger partial charge in [-0.05, 0) is 30.1 Å². The quantitative estimate of drug-likeness (QED) is 0.815. The highest BCUT2D eigenvalue weighted by Gasteiger charge is 2.15. The van der Waals surface area contributed by atoms with Crippen molar-refractivity contribution in [2.45, 2.75) is 26.8 Å². The van der Waals surface area contributed by atoms with Crippen LogP contribution in [0.4, 0.5) is 0 Å². The van der Waals surface area contributed by atoms with E-state index in [1.54, 1.807) is 6.08 Å². The number of hydrogen-bond acceptors (Lipinski definition) is 2. The third-order valence-corrected chi connectivity index (χ3v) is 3.90. The van der Waals surface area contributed by atoms with E-state index in [0.29, 0.717) is 12.2 Å². The highest BCUT2D eigenvalue weighted by Crippen LogP contribution is 2.26. The third-order valence-electron chi connectivity index (χ3n) is 3.90. The van der Waals surface area contributed by atoms with E-state index < -0.39 is 11.4 Å². The number of carbonyl (C=O) groups is 1. The predicted molar refractivity (Wildman–Crippen MR) is 97.1 cm³/mol. The Hall–Kier alpha value is -2.88. The summed E-state index contributed by atoms with van der Waals surface area (Å²) in [4.78, 5) is 23.4. The van der Waals surface area contributed by atoms with Crippen molar-refractivity contribution in [2.75, 3.05) is 0 Å². The van der Waals surface area contributed by atoms with Crippen molar-refractivity contribution in [1.29, 1.82) is 0 Å². The van der Waals surface area contributed by atoms with Crippen molar-refractivity contribution in [3.05, 3.63) is 82.3 Å². The zero-order valence-electron chi connectivity index (χ0n) is 14.0. The van der Waals surface area contributed by atoms with Gasteiger partial charge in [-0.2, -0.15) is 0 Å². The van der Waals surface area contributed by atoms with Gasteiger partial charge in [0.05, 0.1) is 0 Å². The number of benzene rings is 1. The van der Waals surface area contributed by atoms with E-state index in [9.17, 15) is 14.7 Å². The molecule has 2 aromatic rings. The largest absolute Gasteiger partial charge is 0.477 e. The summed E-state index contributed by atoms with van der Waals surface area (Å²) < 4.78 is 1.83. The van der Waals surface area contributed by atoms with E-state index in [1.165, 1.54) is 12.3 Å². The topological polar surface area (TPSA) is 59.3 Å². The predicted octanol–water partition coefficient (Wildman–Crippen LogP) is 4.07. The third kappa shape index (κ3) is 3.54. The molecule has 0 bridgehead atoms. The lowest BCUT2D eigenvalue weighted by molar-refractivity contribution is 0.0694. The normalized spacial score (nSPS) is 11.8. The van der Waals surface area contributed by atoms with Crippen LogP contribution in [0.5, 0.6) is 0 Å². The second kappa shape index (κ2) is 7.59. The number of aryl methyl sites for hydroxylation is 1. The monoisotopic (exact) mass is 323 g/mol. The van der Waals surface area contributed by atoms with Crippen molar-refractivity contribution >= 4 is 17.1 Å². The van der Waals surface area contributed by atoms with E-state index in [-0.39, 0.29) is 5.56 Å². The molecule has 24 heavy (non-hydrogen) atoms. The van der Waals surface area contributed by atoms with E-state index in [0.717, 1.165) is 23.1 Å². The van der Waals surface area contributed by atoms with Gasteiger partial charge in [-0.3, -0.25) is 4.79 Å². The molecule has 0 radical (unpaired) electrons. The van der Waals surface area contributed by atoms with Gasteiger partial charge in [0.2, 0.25) is 0 Å². The number of allylic oxidation sites excluding steroid dienone is 3. The molecule has 0 saturated heterocycles. The second-order valence-corrected chi connectivity index (χ2v) is 5.54. The molecule has 1 aromatic carbocycles. The first-order valence-corrected chi connectivity index (χ1v) is 7.86. The van der Waals surface area contributed by atoms with Crippen LogP contribution in [0.15, 0.2) is 60.0 Å². The molecule has 1 aromatic heterocycles. The van der Waals surface area contributed by atoms with Crippen molar-refractivity contribution in [1.82, 2.24) is 4.57 Å². The second-order valence-electron chi connectivity index (χ2n) is 5.54. The molecular weight excluding hydrogens is 302 g/mol. The fourth-order valence-electron chi connectivity index (χ4n) is 2.73. The summed E-state index contributed by atoms with van der Waals surface area (Å²) in [6.07, 6.45) is 4.02. The van der Waals surface area contributed by atoms with Crippen LogP contribution in [0.25, 0.3) is 11.1 Å². The van der Waals surface area contributed by atoms with Crippen molar-refractivity contribution in [3.8, 4) is 0 Å². The van der Waals surface area contributed by atoms with Crippen molar-refractivity contribution < 1.29 is 9.90 Å². The zero-order valence-corrected chi connectivity index (χ0v) is 14.0. The molecule has 0 atom stereocenters. The highest BCUT2D eigenvalue weighted by molar-refractivity contribution is 5.94. The number of carboxylic acid groups (broad SMARTS) is 1. The molecule has 1 heterocycles. The number of aromatic nitrogens is 1. The maximum Gasteiger partial charge on any atom is 0.341 e. The zero-order chi connectivity index (χ0) is 17.7. The fourth-order valence-corrected chi connectivity index (χ4v) is 2.73. The van der Waals surface area contributed by atoms with Crippen molar-refractivity contribution in [3.63, 3.8) is 0 Å². The van der Waals surface area contributed by atoms with Gasteiger partial charge in [0, 0.05) is 24.5 Å². The lowest BCUT2D eigenvalue weighted by Gasteiger charge is -2.17. The van der Waals surface area contributed by atoms with Crippen LogP contribution >= 0.6 is 0 Å². The maximum atomic E-state index is 12.1. The number of carboxylic acids is 1. The van der Waals surface area contributed by atoms with Gasteiger partial charge in [0.1, 0.15) is 5.56 Å². The van der Waals surface area contributed by atoms with Gasteiger partial charge in [-0.1, -0.05) is 49.9 Å². The Kier molecular flexibility index (Phi) is 5.53. The number of aromatic carboxylic acids is 1.